The van der Waals surface area contributed by atoms with Crippen molar-refractivity contribution in [1.29, 1.82) is 0 Å². The van der Waals surface area contributed by atoms with E-state index in [1.165, 1.54) is 16.0 Å². The molecule has 0 saturated carbocycles. The number of amides is 1. The van der Waals surface area contributed by atoms with E-state index in [0.717, 1.165) is 21.6 Å². The predicted octanol–water partition coefficient (Wildman–Crippen LogP) is 5.17. The van der Waals surface area contributed by atoms with Gasteiger partial charge in [-0.15, -0.1) is 11.3 Å². The van der Waals surface area contributed by atoms with Crippen LogP contribution in [-0.4, -0.2) is 26.5 Å². The van der Waals surface area contributed by atoms with Crippen molar-refractivity contribution >= 4 is 56.2 Å². The zero-order valence-corrected chi connectivity index (χ0v) is 18.7. The van der Waals surface area contributed by atoms with E-state index < -0.39 is 5.91 Å². The lowest BCUT2D eigenvalue weighted by Gasteiger charge is -2.01. The SMILES string of the molecule is O=C(N=c1sc(C(=O)c2nc3ccccc3s2)nn1-c1ccc(Cl)cc1)c1ccccc1. The molecule has 1 amide bonds. The summed E-state index contributed by atoms with van der Waals surface area (Å²) in [5.41, 5.74) is 1.84. The summed E-state index contributed by atoms with van der Waals surface area (Å²) in [6, 6.07) is 23.2. The number of halogens is 1. The summed E-state index contributed by atoms with van der Waals surface area (Å²) in [6.07, 6.45) is 0. The highest BCUT2D eigenvalue weighted by Crippen LogP contribution is 2.24. The average molecular weight is 477 g/mol. The van der Waals surface area contributed by atoms with Gasteiger partial charge >= 0.3 is 0 Å². The van der Waals surface area contributed by atoms with E-state index in [1.807, 2.05) is 30.3 Å². The van der Waals surface area contributed by atoms with Gasteiger partial charge in [0.2, 0.25) is 4.80 Å². The van der Waals surface area contributed by atoms with E-state index in [1.54, 1.807) is 48.5 Å². The van der Waals surface area contributed by atoms with Crippen molar-refractivity contribution in [2.24, 2.45) is 4.99 Å². The van der Waals surface area contributed by atoms with Crippen molar-refractivity contribution < 1.29 is 9.59 Å². The molecule has 0 atom stereocenters. The number of benzene rings is 3. The molecule has 2 heterocycles. The minimum Gasteiger partial charge on any atom is -0.283 e. The first-order valence-electron chi connectivity index (χ1n) is 9.49. The van der Waals surface area contributed by atoms with E-state index in [9.17, 15) is 9.59 Å². The minimum absolute atomic E-state index is 0.193. The van der Waals surface area contributed by atoms with E-state index in [-0.39, 0.29) is 15.6 Å². The molecular weight excluding hydrogens is 464 g/mol. The number of fused-ring (bicyclic) bond motifs is 1. The Hall–Kier alpha value is -3.46. The third kappa shape index (κ3) is 4.03. The lowest BCUT2D eigenvalue weighted by Crippen LogP contribution is -2.16. The van der Waals surface area contributed by atoms with Crippen LogP contribution in [0.4, 0.5) is 0 Å². The van der Waals surface area contributed by atoms with Crippen LogP contribution in [0.15, 0.2) is 83.9 Å². The summed E-state index contributed by atoms with van der Waals surface area (Å²) in [5.74, 6) is -0.733. The van der Waals surface area contributed by atoms with Crippen LogP contribution in [0.1, 0.15) is 25.2 Å². The lowest BCUT2D eigenvalue weighted by molar-refractivity contribution is 0.0996. The molecule has 2 aromatic heterocycles. The number of thiazole rings is 1. The topological polar surface area (TPSA) is 77.2 Å². The normalized spacial score (nSPS) is 11.7. The summed E-state index contributed by atoms with van der Waals surface area (Å²) in [4.78, 5) is 34.8. The molecular formula is C23H13ClN4O2S2. The van der Waals surface area contributed by atoms with Gasteiger partial charge in [-0.2, -0.15) is 10.1 Å². The second kappa shape index (κ2) is 8.58. The molecule has 3 aromatic carbocycles. The molecule has 0 bridgehead atoms. The number of carbonyl (C=O) groups is 2. The standard InChI is InChI=1S/C23H13ClN4O2S2/c24-15-10-12-16(13-11-15)28-23(26-20(30)14-6-2-1-3-7-14)32-22(27-28)19(29)21-25-17-8-4-5-9-18(17)31-21/h1-13H. The second-order valence-electron chi connectivity index (χ2n) is 6.68. The fourth-order valence-corrected chi connectivity index (χ4v) is 4.93. The number of carbonyl (C=O) groups excluding carboxylic acids is 2. The van der Waals surface area contributed by atoms with Crippen molar-refractivity contribution in [3.05, 3.63) is 104 Å². The molecule has 0 spiro atoms. The number of rotatable bonds is 4. The van der Waals surface area contributed by atoms with Gasteiger partial charge in [-0.25, -0.2) is 9.67 Å². The van der Waals surface area contributed by atoms with Crippen LogP contribution in [0.3, 0.4) is 0 Å². The van der Waals surface area contributed by atoms with Crippen LogP contribution in [-0.2, 0) is 0 Å². The summed E-state index contributed by atoms with van der Waals surface area (Å²) in [5, 5.41) is 5.56. The second-order valence-corrected chi connectivity index (χ2v) is 9.10. The molecule has 156 valence electrons. The molecule has 5 aromatic rings. The van der Waals surface area contributed by atoms with Crippen molar-refractivity contribution in [1.82, 2.24) is 14.8 Å². The largest absolute Gasteiger partial charge is 0.283 e. The summed E-state index contributed by atoms with van der Waals surface area (Å²) >= 11 is 8.36. The Balaban J connectivity index is 1.62. The van der Waals surface area contributed by atoms with Crippen LogP contribution in [0, 0.1) is 0 Å². The molecule has 9 heteroatoms. The summed E-state index contributed by atoms with van der Waals surface area (Å²) in [6.45, 7) is 0. The number of para-hydroxylation sites is 1. The maximum Gasteiger partial charge on any atom is 0.279 e. The smallest absolute Gasteiger partial charge is 0.279 e. The maximum absolute atomic E-state index is 13.2. The van der Waals surface area contributed by atoms with E-state index in [4.69, 9.17) is 11.6 Å². The van der Waals surface area contributed by atoms with Gasteiger partial charge in [0, 0.05) is 10.6 Å². The van der Waals surface area contributed by atoms with E-state index in [2.05, 4.69) is 15.1 Å². The predicted molar refractivity (Wildman–Crippen MR) is 126 cm³/mol. The van der Waals surface area contributed by atoms with Crippen LogP contribution < -0.4 is 4.80 Å². The highest BCUT2D eigenvalue weighted by molar-refractivity contribution is 7.21. The molecule has 0 aliphatic rings. The van der Waals surface area contributed by atoms with Gasteiger partial charge in [0.05, 0.1) is 15.9 Å². The molecule has 0 aliphatic carbocycles. The molecule has 0 saturated heterocycles. The number of ketones is 1. The average Bonchev–Trinajstić information content (AvgIpc) is 3.44. The lowest BCUT2D eigenvalue weighted by atomic mass is 10.2. The minimum atomic E-state index is -0.420. The van der Waals surface area contributed by atoms with Gasteiger partial charge in [0.1, 0.15) is 0 Å². The Bertz CT molecular complexity index is 1490. The third-order valence-electron chi connectivity index (χ3n) is 4.53. The highest BCUT2D eigenvalue weighted by Gasteiger charge is 2.20. The van der Waals surface area contributed by atoms with Crippen molar-refractivity contribution in [3.63, 3.8) is 0 Å². The van der Waals surface area contributed by atoms with Gasteiger partial charge in [0.15, 0.2) is 10.0 Å². The third-order valence-corrected chi connectivity index (χ3v) is 6.73. The van der Waals surface area contributed by atoms with Crippen LogP contribution in [0.5, 0.6) is 0 Å². The quantitative estimate of drug-likeness (QED) is 0.335. The van der Waals surface area contributed by atoms with Crippen LogP contribution in [0.2, 0.25) is 5.02 Å². The number of nitrogens with zero attached hydrogens (tertiary/aromatic N) is 4. The maximum atomic E-state index is 13.2. The van der Waals surface area contributed by atoms with Crippen LogP contribution in [0.25, 0.3) is 15.9 Å². The zero-order valence-electron chi connectivity index (χ0n) is 16.3. The highest BCUT2D eigenvalue weighted by atomic mass is 35.5. The first kappa shape index (κ1) is 20.4. The summed E-state index contributed by atoms with van der Waals surface area (Å²) < 4.78 is 2.39. The van der Waals surface area contributed by atoms with Crippen molar-refractivity contribution in [3.8, 4) is 5.69 Å². The molecule has 0 aliphatic heterocycles. The first-order chi connectivity index (χ1) is 15.6. The van der Waals surface area contributed by atoms with Crippen molar-refractivity contribution in [2.45, 2.75) is 0 Å². The van der Waals surface area contributed by atoms with E-state index in [0.29, 0.717) is 21.3 Å². The Kier molecular flexibility index (Phi) is 5.48. The van der Waals surface area contributed by atoms with Crippen LogP contribution >= 0.6 is 34.3 Å². The number of hydrogen-bond donors (Lipinski definition) is 0. The molecule has 6 nitrogen and oxygen atoms in total. The Morgan fingerprint density at radius 1 is 0.844 bits per heavy atom. The fourth-order valence-electron chi connectivity index (χ4n) is 2.99. The first-order valence-corrected chi connectivity index (χ1v) is 11.5. The van der Waals surface area contributed by atoms with Crippen molar-refractivity contribution in [2.75, 3.05) is 0 Å². The van der Waals surface area contributed by atoms with E-state index >= 15 is 0 Å². The van der Waals surface area contributed by atoms with Gasteiger partial charge < -0.3 is 0 Å². The molecule has 5 rings (SSSR count). The molecule has 32 heavy (non-hydrogen) atoms. The molecule has 0 radical (unpaired) electrons. The Morgan fingerprint density at radius 2 is 1.56 bits per heavy atom. The van der Waals surface area contributed by atoms with Gasteiger partial charge in [-0.1, -0.05) is 53.3 Å². The Labute approximate surface area is 195 Å². The van der Waals surface area contributed by atoms with Gasteiger partial charge in [-0.05, 0) is 48.5 Å². The molecule has 0 fully saturated rings. The van der Waals surface area contributed by atoms with Gasteiger partial charge in [0.25, 0.3) is 11.7 Å². The zero-order chi connectivity index (χ0) is 22.1. The Morgan fingerprint density at radius 3 is 2.31 bits per heavy atom. The van der Waals surface area contributed by atoms with Gasteiger partial charge in [-0.3, -0.25) is 9.59 Å². The molecule has 0 N–H and O–H groups in total. The monoisotopic (exact) mass is 476 g/mol. The fraction of sp³-hybridized carbons (Fsp3) is 0. The number of hydrogen-bond acceptors (Lipinski definition) is 6. The summed E-state index contributed by atoms with van der Waals surface area (Å²) in [7, 11) is 0. The number of aromatic nitrogens is 3. The molecule has 0 unspecified atom stereocenters.